The second-order valence-electron chi connectivity index (χ2n) is 8.88. The maximum atomic E-state index is 14.9. The topological polar surface area (TPSA) is 62.9 Å². The number of H-pyrrole nitrogens is 2. The number of aromatic amines is 2. The Morgan fingerprint density at radius 2 is 1.94 bits per heavy atom. The minimum absolute atomic E-state index is 0.0728. The third-order valence-corrected chi connectivity index (χ3v) is 7.32. The van der Waals surface area contributed by atoms with E-state index < -0.39 is 28.6 Å². The number of hydrogen-bond donors (Lipinski definition) is 2. The quantitative estimate of drug-likeness (QED) is 0.240. The van der Waals surface area contributed by atoms with Crippen LogP contribution in [-0.4, -0.2) is 21.6 Å². The van der Waals surface area contributed by atoms with E-state index in [9.17, 15) is 13.2 Å². The van der Waals surface area contributed by atoms with Gasteiger partial charge in [-0.3, -0.25) is 0 Å². The Kier molecular flexibility index (Phi) is 5.33. The molecule has 1 aliphatic heterocycles. The molecule has 6 rings (SSSR count). The van der Waals surface area contributed by atoms with Crippen molar-refractivity contribution in [2.45, 2.75) is 18.8 Å². The number of hydrogen-bond acceptors (Lipinski definition) is 3. The number of fused-ring (bicyclic) bond motifs is 2. The molecular formula is C27H19BrF3N3O2. The molecule has 182 valence electrons. The molecule has 1 atom stereocenters. The van der Waals surface area contributed by atoms with Gasteiger partial charge in [0.05, 0.1) is 22.2 Å². The van der Waals surface area contributed by atoms with Crippen molar-refractivity contribution in [2.24, 2.45) is 0 Å². The van der Waals surface area contributed by atoms with Gasteiger partial charge in [0, 0.05) is 40.5 Å². The molecule has 2 aromatic heterocycles. The van der Waals surface area contributed by atoms with Gasteiger partial charge in [0.15, 0.2) is 17.4 Å². The predicted octanol–water partition coefficient (Wildman–Crippen LogP) is 7.62. The highest BCUT2D eigenvalue weighted by atomic mass is 79.9. The Labute approximate surface area is 212 Å². The fraction of sp³-hybridized carbons (Fsp3) is 0.148. The van der Waals surface area contributed by atoms with Crippen LogP contribution in [0, 0.1) is 17.5 Å². The van der Waals surface area contributed by atoms with Gasteiger partial charge in [-0.05, 0) is 59.6 Å². The van der Waals surface area contributed by atoms with Crippen molar-refractivity contribution < 1.29 is 22.6 Å². The summed E-state index contributed by atoms with van der Waals surface area (Å²) in [5.74, 6) is -1.70. The molecule has 3 aromatic carbocycles. The van der Waals surface area contributed by atoms with E-state index in [1.165, 1.54) is 30.5 Å². The average Bonchev–Trinajstić information content (AvgIpc) is 3.54. The van der Waals surface area contributed by atoms with Crippen LogP contribution in [0.3, 0.4) is 0 Å². The fourth-order valence-electron chi connectivity index (χ4n) is 4.67. The minimum Gasteiger partial charge on any atom is -0.492 e. The van der Waals surface area contributed by atoms with E-state index in [4.69, 9.17) is 9.47 Å². The highest BCUT2D eigenvalue weighted by Gasteiger charge is 2.37. The van der Waals surface area contributed by atoms with E-state index in [1.807, 2.05) is 18.2 Å². The summed E-state index contributed by atoms with van der Waals surface area (Å²) in [6.07, 6.45) is 3.89. The second kappa shape index (κ2) is 8.44. The van der Waals surface area contributed by atoms with Crippen LogP contribution in [0.4, 0.5) is 13.2 Å². The lowest BCUT2D eigenvalue weighted by molar-refractivity contribution is 0.240. The van der Waals surface area contributed by atoms with Crippen molar-refractivity contribution in [3.05, 3.63) is 94.1 Å². The van der Waals surface area contributed by atoms with E-state index in [0.717, 1.165) is 27.5 Å². The van der Waals surface area contributed by atoms with Crippen LogP contribution < -0.4 is 9.47 Å². The van der Waals surface area contributed by atoms with Crippen LogP contribution in [0.5, 0.6) is 17.2 Å². The Hall–Kier alpha value is -3.72. The third kappa shape index (κ3) is 3.57. The van der Waals surface area contributed by atoms with Crippen molar-refractivity contribution in [2.75, 3.05) is 6.61 Å². The number of halogens is 4. The Morgan fingerprint density at radius 3 is 2.81 bits per heavy atom. The van der Waals surface area contributed by atoms with Gasteiger partial charge in [0.1, 0.15) is 23.1 Å². The number of nitrogens with one attached hydrogen (secondary N) is 2. The Morgan fingerprint density at radius 1 is 1.08 bits per heavy atom. The van der Waals surface area contributed by atoms with E-state index in [0.29, 0.717) is 18.5 Å². The first-order chi connectivity index (χ1) is 17.3. The fourth-order valence-corrected chi connectivity index (χ4v) is 5.15. The number of para-hydroxylation sites is 1. The first-order valence-corrected chi connectivity index (χ1v) is 12.0. The standard InChI is InChI=1S/C27H19BrF3N3O2/c1-27(8-10-35-24-17(27)3-2-4-18(24)28)22-13-33-26(34-22)16-11-14(5-6-19(16)29)36-25-20(30)12-21-15(23(25)31)7-9-32-21/h2-7,9,11-13,32H,8,10H2,1H3,(H,33,34). The Balaban J connectivity index is 1.37. The van der Waals surface area contributed by atoms with Crippen molar-refractivity contribution in [3.63, 3.8) is 0 Å². The van der Waals surface area contributed by atoms with Crippen molar-refractivity contribution >= 4 is 26.8 Å². The molecule has 0 saturated heterocycles. The minimum atomic E-state index is -0.870. The average molecular weight is 554 g/mol. The molecule has 0 fully saturated rings. The highest BCUT2D eigenvalue weighted by Crippen LogP contribution is 2.46. The lowest BCUT2D eigenvalue weighted by Gasteiger charge is -2.35. The van der Waals surface area contributed by atoms with E-state index in [2.05, 4.69) is 37.8 Å². The van der Waals surface area contributed by atoms with Crippen LogP contribution in [0.1, 0.15) is 24.6 Å². The number of ether oxygens (including phenoxy) is 2. The number of rotatable bonds is 4. The molecule has 2 N–H and O–H groups in total. The third-order valence-electron chi connectivity index (χ3n) is 6.70. The molecule has 36 heavy (non-hydrogen) atoms. The van der Waals surface area contributed by atoms with Crippen LogP contribution >= 0.6 is 15.9 Å². The molecular weight excluding hydrogens is 535 g/mol. The summed E-state index contributed by atoms with van der Waals surface area (Å²) in [4.78, 5) is 10.4. The number of benzene rings is 3. The van der Waals surface area contributed by atoms with Gasteiger partial charge in [-0.15, -0.1) is 0 Å². The zero-order valence-corrected chi connectivity index (χ0v) is 20.5. The van der Waals surface area contributed by atoms with Crippen LogP contribution in [0.25, 0.3) is 22.3 Å². The summed E-state index contributed by atoms with van der Waals surface area (Å²) in [6.45, 7) is 2.59. The highest BCUT2D eigenvalue weighted by molar-refractivity contribution is 9.10. The van der Waals surface area contributed by atoms with Crippen LogP contribution in [0.15, 0.2) is 65.4 Å². The van der Waals surface area contributed by atoms with Gasteiger partial charge in [-0.1, -0.05) is 12.1 Å². The summed E-state index contributed by atoms with van der Waals surface area (Å²) in [6, 6.07) is 12.4. The lowest BCUT2D eigenvalue weighted by Crippen LogP contribution is -2.31. The van der Waals surface area contributed by atoms with Gasteiger partial charge in [0.25, 0.3) is 0 Å². The molecule has 0 aliphatic carbocycles. The number of imidazole rings is 1. The monoisotopic (exact) mass is 553 g/mol. The molecule has 1 unspecified atom stereocenters. The largest absolute Gasteiger partial charge is 0.492 e. The number of aromatic nitrogens is 3. The van der Waals surface area contributed by atoms with Crippen LogP contribution in [-0.2, 0) is 5.41 Å². The molecule has 3 heterocycles. The predicted molar refractivity (Wildman–Crippen MR) is 133 cm³/mol. The first kappa shape index (κ1) is 22.7. The van der Waals surface area contributed by atoms with E-state index >= 15 is 0 Å². The SMILES string of the molecule is CC1(c2cnc(-c3cc(Oc4c(F)cc5[nH]ccc5c4F)ccc3F)[nH]2)CCOc2c(Br)cccc21. The summed E-state index contributed by atoms with van der Waals surface area (Å²) in [5.41, 5.74) is 1.77. The summed E-state index contributed by atoms with van der Waals surface area (Å²) < 4.78 is 56.6. The van der Waals surface area contributed by atoms with Crippen LogP contribution in [0.2, 0.25) is 0 Å². The molecule has 0 amide bonds. The molecule has 0 radical (unpaired) electrons. The molecule has 9 heteroatoms. The van der Waals surface area contributed by atoms with Crippen molar-refractivity contribution in [1.82, 2.24) is 15.0 Å². The molecule has 5 nitrogen and oxygen atoms in total. The zero-order chi connectivity index (χ0) is 25.0. The zero-order valence-electron chi connectivity index (χ0n) is 19.0. The molecule has 5 aromatic rings. The second-order valence-corrected chi connectivity index (χ2v) is 9.73. The smallest absolute Gasteiger partial charge is 0.199 e. The van der Waals surface area contributed by atoms with E-state index in [1.54, 1.807) is 6.20 Å². The summed E-state index contributed by atoms with van der Waals surface area (Å²) >= 11 is 3.54. The number of nitrogens with zero attached hydrogens (tertiary/aromatic N) is 1. The van der Waals surface area contributed by atoms with Gasteiger partial charge < -0.3 is 19.4 Å². The van der Waals surface area contributed by atoms with E-state index in [-0.39, 0.29) is 22.5 Å². The normalized spacial score (nSPS) is 17.1. The summed E-state index contributed by atoms with van der Waals surface area (Å²) in [5, 5.41) is 0.195. The molecule has 1 aliphatic rings. The van der Waals surface area contributed by atoms with Gasteiger partial charge in [-0.25, -0.2) is 18.2 Å². The lowest BCUT2D eigenvalue weighted by atomic mass is 9.75. The molecule has 0 spiro atoms. The van der Waals surface area contributed by atoms with Crippen molar-refractivity contribution in [3.8, 4) is 28.6 Å². The Bertz CT molecular complexity index is 1630. The molecule has 0 saturated carbocycles. The summed E-state index contributed by atoms with van der Waals surface area (Å²) in [7, 11) is 0. The van der Waals surface area contributed by atoms with Gasteiger partial charge in [0.2, 0.25) is 0 Å². The van der Waals surface area contributed by atoms with Gasteiger partial charge in [-0.2, -0.15) is 0 Å². The first-order valence-electron chi connectivity index (χ1n) is 11.3. The maximum Gasteiger partial charge on any atom is 0.199 e. The maximum absolute atomic E-state index is 14.9. The van der Waals surface area contributed by atoms with Crippen molar-refractivity contribution in [1.29, 1.82) is 0 Å². The van der Waals surface area contributed by atoms with Gasteiger partial charge >= 0.3 is 0 Å². The molecule has 0 bridgehead atoms.